The second-order valence-electron chi connectivity index (χ2n) is 7.16. The van der Waals surface area contributed by atoms with Gasteiger partial charge in [0.25, 0.3) is 0 Å². The van der Waals surface area contributed by atoms with E-state index in [-0.39, 0.29) is 36.6 Å². The molecule has 0 spiro atoms. The lowest BCUT2D eigenvalue weighted by Gasteiger charge is -2.30. The summed E-state index contributed by atoms with van der Waals surface area (Å²) in [6.07, 6.45) is 1.03. The van der Waals surface area contributed by atoms with Crippen LogP contribution in [0, 0.1) is 5.82 Å². The van der Waals surface area contributed by atoms with Crippen LogP contribution in [-0.2, 0) is 16.1 Å². The molecule has 0 unspecified atom stereocenters. The standard InChI is InChI=1S/C23H28ClFN2O2S/c1-4-16(2)26-23(29)17(3)27(15-18-7-5-6-8-21(18)25)22(28)13-14-30-20-11-9-19(24)10-12-20/h5-12,16-17H,4,13-15H2,1-3H3,(H,26,29)/t16-,17+/m1/s1. The Hall–Kier alpha value is -2.05. The number of carbonyl (C=O) groups is 2. The smallest absolute Gasteiger partial charge is 0.242 e. The molecule has 0 aliphatic heterocycles. The Kier molecular flexibility index (Phi) is 9.66. The predicted molar refractivity (Wildman–Crippen MR) is 121 cm³/mol. The molecule has 1 N–H and O–H groups in total. The minimum atomic E-state index is -0.702. The minimum absolute atomic E-state index is 0.00539. The average molecular weight is 451 g/mol. The second-order valence-corrected chi connectivity index (χ2v) is 8.76. The Morgan fingerprint density at radius 1 is 1.13 bits per heavy atom. The highest BCUT2D eigenvalue weighted by molar-refractivity contribution is 7.99. The maximum Gasteiger partial charge on any atom is 0.242 e. The first-order chi connectivity index (χ1) is 14.3. The summed E-state index contributed by atoms with van der Waals surface area (Å²) in [4.78, 5) is 28.1. The average Bonchev–Trinajstić information content (AvgIpc) is 2.73. The number of hydrogen-bond acceptors (Lipinski definition) is 3. The van der Waals surface area contributed by atoms with Gasteiger partial charge in [0.2, 0.25) is 11.8 Å². The highest BCUT2D eigenvalue weighted by atomic mass is 35.5. The molecule has 0 radical (unpaired) electrons. The summed E-state index contributed by atoms with van der Waals surface area (Å²) in [7, 11) is 0. The third-order valence-corrected chi connectivity index (χ3v) is 6.13. The van der Waals surface area contributed by atoms with Crippen LogP contribution >= 0.6 is 23.4 Å². The summed E-state index contributed by atoms with van der Waals surface area (Å²) < 4.78 is 14.2. The number of nitrogens with zero attached hydrogens (tertiary/aromatic N) is 1. The van der Waals surface area contributed by atoms with Crippen molar-refractivity contribution in [1.82, 2.24) is 10.2 Å². The molecule has 2 aromatic carbocycles. The first-order valence-corrected chi connectivity index (χ1v) is 11.4. The van der Waals surface area contributed by atoms with Crippen molar-refractivity contribution in [2.75, 3.05) is 5.75 Å². The van der Waals surface area contributed by atoms with Crippen molar-refractivity contribution in [3.63, 3.8) is 0 Å². The van der Waals surface area contributed by atoms with Crippen LogP contribution in [0.1, 0.15) is 39.2 Å². The zero-order valence-electron chi connectivity index (χ0n) is 17.5. The quantitative estimate of drug-likeness (QED) is 0.500. The van der Waals surface area contributed by atoms with Gasteiger partial charge in [-0.25, -0.2) is 4.39 Å². The van der Waals surface area contributed by atoms with E-state index in [0.29, 0.717) is 16.3 Å². The van der Waals surface area contributed by atoms with Crippen LogP contribution < -0.4 is 5.32 Å². The maximum absolute atomic E-state index is 14.2. The molecule has 0 bridgehead atoms. The number of hydrogen-bond donors (Lipinski definition) is 1. The Labute approximate surface area is 187 Å². The molecule has 0 fully saturated rings. The van der Waals surface area contributed by atoms with Crippen LogP contribution in [-0.4, -0.2) is 34.6 Å². The molecule has 7 heteroatoms. The number of nitrogens with one attached hydrogen (secondary N) is 1. The zero-order valence-corrected chi connectivity index (χ0v) is 19.1. The van der Waals surface area contributed by atoms with Crippen LogP contribution in [0.25, 0.3) is 0 Å². The molecular formula is C23H28ClFN2O2S. The number of amides is 2. The second kappa shape index (κ2) is 12.0. The normalized spacial score (nSPS) is 12.8. The summed E-state index contributed by atoms with van der Waals surface area (Å²) in [6.45, 7) is 5.62. The van der Waals surface area contributed by atoms with E-state index in [0.717, 1.165) is 11.3 Å². The van der Waals surface area contributed by atoms with E-state index in [1.165, 1.54) is 22.7 Å². The van der Waals surface area contributed by atoms with Crippen LogP contribution in [0.3, 0.4) is 0 Å². The minimum Gasteiger partial charge on any atom is -0.352 e. The van der Waals surface area contributed by atoms with E-state index < -0.39 is 6.04 Å². The molecule has 30 heavy (non-hydrogen) atoms. The molecule has 0 heterocycles. The summed E-state index contributed by atoms with van der Waals surface area (Å²) >= 11 is 7.44. The monoisotopic (exact) mass is 450 g/mol. The molecule has 0 saturated carbocycles. The van der Waals surface area contributed by atoms with Crippen LogP contribution in [0.15, 0.2) is 53.4 Å². The third-order valence-electron chi connectivity index (χ3n) is 4.87. The van der Waals surface area contributed by atoms with Gasteiger partial charge < -0.3 is 10.2 Å². The van der Waals surface area contributed by atoms with Gasteiger partial charge in [0, 0.05) is 40.2 Å². The lowest BCUT2D eigenvalue weighted by atomic mass is 10.1. The van der Waals surface area contributed by atoms with Gasteiger partial charge in [-0.05, 0) is 50.6 Å². The van der Waals surface area contributed by atoms with E-state index in [1.807, 2.05) is 26.0 Å². The summed E-state index contributed by atoms with van der Waals surface area (Å²) in [6, 6.07) is 13.0. The van der Waals surface area contributed by atoms with Crippen LogP contribution in [0.4, 0.5) is 4.39 Å². The SMILES string of the molecule is CC[C@@H](C)NC(=O)[C@H](C)N(Cc1ccccc1F)C(=O)CCSc1ccc(Cl)cc1. The Bertz CT molecular complexity index is 847. The van der Waals surface area contributed by atoms with Crippen molar-refractivity contribution in [2.24, 2.45) is 0 Å². The fourth-order valence-electron chi connectivity index (χ4n) is 2.79. The summed E-state index contributed by atoms with van der Waals surface area (Å²) in [5, 5.41) is 3.57. The van der Waals surface area contributed by atoms with E-state index in [2.05, 4.69) is 5.32 Å². The highest BCUT2D eigenvalue weighted by Gasteiger charge is 2.27. The van der Waals surface area contributed by atoms with Crippen molar-refractivity contribution in [2.45, 2.75) is 57.1 Å². The highest BCUT2D eigenvalue weighted by Crippen LogP contribution is 2.22. The topological polar surface area (TPSA) is 49.4 Å². The van der Waals surface area contributed by atoms with E-state index in [4.69, 9.17) is 11.6 Å². The predicted octanol–water partition coefficient (Wildman–Crippen LogP) is 5.29. The van der Waals surface area contributed by atoms with E-state index >= 15 is 0 Å². The molecule has 0 aliphatic rings. The molecule has 162 valence electrons. The lowest BCUT2D eigenvalue weighted by Crippen LogP contribution is -2.49. The van der Waals surface area contributed by atoms with Gasteiger partial charge >= 0.3 is 0 Å². The molecule has 0 aromatic heterocycles. The lowest BCUT2D eigenvalue weighted by molar-refractivity contribution is -0.140. The Balaban J connectivity index is 2.08. The number of rotatable bonds is 10. The Morgan fingerprint density at radius 2 is 1.80 bits per heavy atom. The molecule has 2 amide bonds. The first-order valence-electron chi connectivity index (χ1n) is 10.0. The molecule has 2 aromatic rings. The van der Waals surface area contributed by atoms with Gasteiger partial charge in [0.1, 0.15) is 11.9 Å². The molecule has 2 atom stereocenters. The molecule has 4 nitrogen and oxygen atoms in total. The van der Waals surface area contributed by atoms with Gasteiger partial charge in [0.05, 0.1) is 0 Å². The van der Waals surface area contributed by atoms with Crippen LogP contribution in [0.2, 0.25) is 5.02 Å². The number of carbonyl (C=O) groups excluding carboxylic acids is 2. The maximum atomic E-state index is 14.2. The molecular weight excluding hydrogens is 423 g/mol. The van der Waals surface area contributed by atoms with Crippen molar-refractivity contribution < 1.29 is 14.0 Å². The fraction of sp³-hybridized carbons (Fsp3) is 0.391. The fourth-order valence-corrected chi connectivity index (χ4v) is 3.76. The zero-order chi connectivity index (χ0) is 22.1. The van der Waals surface area contributed by atoms with E-state index in [1.54, 1.807) is 37.3 Å². The van der Waals surface area contributed by atoms with Gasteiger partial charge in [-0.2, -0.15) is 0 Å². The number of thioether (sulfide) groups is 1. The molecule has 0 aliphatic carbocycles. The molecule has 2 rings (SSSR count). The summed E-state index contributed by atoms with van der Waals surface area (Å²) in [5.41, 5.74) is 0.388. The van der Waals surface area contributed by atoms with Gasteiger partial charge in [0.15, 0.2) is 0 Å². The number of halogens is 2. The van der Waals surface area contributed by atoms with Gasteiger partial charge in [-0.1, -0.05) is 36.7 Å². The van der Waals surface area contributed by atoms with Gasteiger partial charge in [-0.3, -0.25) is 9.59 Å². The number of benzene rings is 2. The van der Waals surface area contributed by atoms with Crippen molar-refractivity contribution in [3.8, 4) is 0 Å². The molecule has 0 saturated heterocycles. The van der Waals surface area contributed by atoms with Crippen molar-refractivity contribution >= 4 is 35.2 Å². The first kappa shape index (κ1) is 24.2. The van der Waals surface area contributed by atoms with Crippen LogP contribution in [0.5, 0.6) is 0 Å². The third kappa shape index (κ3) is 7.33. The largest absolute Gasteiger partial charge is 0.352 e. The Morgan fingerprint density at radius 3 is 2.43 bits per heavy atom. The van der Waals surface area contributed by atoms with Crippen molar-refractivity contribution in [1.29, 1.82) is 0 Å². The van der Waals surface area contributed by atoms with E-state index in [9.17, 15) is 14.0 Å². The summed E-state index contributed by atoms with van der Waals surface area (Å²) in [5.74, 6) is -0.264. The van der Waals surface area contributed by atoms with Gasteiger partial charge in [-0.15, -0.1) is 11.8 Å². The van der Waals surface area contributed by atoms with Crippen molar-refractivity contribution in [3.05, 3.63) is 64.9 Å².